The van der Waals surface area contributed by atoms with Crippen LogP contribution in [-0.4, -0.2) is 40.6 Å². The van der Waals surface area contributed by atoms with Gasteiger partial charge < -0.3 is 5.11 Å². The van der Waals surface area contributed by atoms with Gasteiger partial charge in [-0.05, 0) is 67.1 Å². The Balaban J connectivity index is 1.62. The third-order valence-electron chi connectivity index (χ3n) is 7.83. The van der Waals surface area contributed by atoms with Gasteiger partial charge in [-0.3, -0.25) is 9.69 Å². The van der Waals surface area contributed by atoms with Crippen LogP contribution in [0.5, 0.6) is 5.75 Å². The zero-order valence-electron chi connectivity index (χ0n) is 16.7. The lowest BCUT2D eigenvalue weighted by Gasteiger charge is -2.48. The summed E-state index contributed by atoms with van der Waals surface area (Å²) in [6, 6.07) is 4.24. The van der Waals surface area contributed by atoms with E-state index in [1.165, 1.54) is 11.1 Å². The maximum absolute atomic E-state index is 12.5. The molecule has 0 aromatic heterocycles. The van der Waals surface area contributed by atoms with Gasteiger partial charge in [0, 0.05) is 48.8 Å². The molecule has 3 aliphatic carbocycles. The van der Waals surface area contributed by atoms with Gasteiger partial charge >= 0.3 is 0 Å². The highest BCUT2D eigenvalue weighted by molar-refractivity contribution is 6.18. The second kappa shape index (κ2) is 8.16. The van der Waals surface area contributed by atoms with Crippen LogP contribution in [0.4, 0.5) is 0 Å². The number of hydrogen-bond donors (Lipinski definition) is 1. The van der Waals surface area contributed by atoms with Crippen LogP contribution in [0.25, 0.3) is 0 Å². The Morgan fingerprint density at radius 3 is 2.61 bits per heavy atom. The maximum Gasteiger partial charge on any atom is 0.139 e. The molecule has 1 N–H and O–H groups in total. The first kappa shape index (κ1) is 20.5. The summed E-state index contributed by atoms with van der Waals surface area (Å²) in [6.45, 7) is 4.42. The number of ketones is 1. The second-order valence-corrected chi connectivity index (χ2v) is 9.92. The van der Waals surface area contributed by atoms with Gasteiger partial charge in [0.2, 0.25) is 0 Å². The number of carbonyl (C=O) groups excluding carboxylic acids is 1. The Labute approximate surface area is 178 Å². The molecule has 0 spiro atoms. The van der Waals surface area contributed by atoms with Crippen molar-refractivity contribution in [3.8, 4) is 5.75 Å². The summed E-state index contributed by atoms with van der Waals surface area (Å²) in [6.07, 6.45) is 6.10. The number of phenols is 1. The summed E-state index contributed by atoms with van der Waals surface area (Å²) >= 11 is 11.9. The van der Waals surface area contributed by atoms with E-state index in [-0.39, 0.29) is 5.41 Å². The van der Waals surface area contributed by atoms with Crippen LogP contribution >= 0.6 is 23.2 Å². The van der Waals surface area contributed by atoms with Crippen molar-refractivity contribution in [2.45, 2.75) is 57.9 Å². The molecule has 0 saturated heterocycles. The third-order valence-corrected chi connectivity index (χ3v) is 8.17. The summed E-state index contributed by atoms with van der Waals surface area (Å²) in [4.78, 5) is 14.7. The molecule has 1 aromatic carbocycles. The fourth-order valence-corrected chi connectivity index (χ4v) is 6.78. The Morgan fingerprint density at radius 1 is 1.14 bits per heavy atom. The number of hydrogen-bond acceptors (Lipinski definition) is 3. The SMILES string of the molecule is C[C@]12CC[C@@H]3c4cc(CN(CCCl)CCCl)c(O)cc4CC[C@@H]3[C@@H]1CCC2=O. The number of fused-ring (bicyclic) bond motifs is 5. The van der Waals surface area contributed by atoms with Crippen LogP contribution in [0.2, 0.25) is 0 Å². The van der Waals surface area contributed by atoms with Crippen molar-refractivity contribution in [2.24, 2.45) is 17.3 Å². The third kappa shape index (κ3) is 3.48. The van der Waals surface area contributed by atoms with Gasteiger partial charge in [0.1, 0.15) is 11.5 Å². The first-order valence-electron chi connectivity index (χ1n) is 10.7. The van der Waals surface area contributed by atoms with E-state index < -0.39 is 0 Å². The van der Waals surface area contributed by atoms with E-state index in [2.05, 4.69) is 17.9 Å². The van der Waals surface area contributed by atoms with Gasteiger partial charge in [-0.15, -0.1) is 23.2 Å². The number of rotatable bonds is 6. The second-order valence-electron chi connectivity index (χ2n) is 9.17. The molecule has 1 aromatic rings. The average molecular weight is 424 g/mol. The van der Waals surface area contributed by atoms with E-state index in [4.69, 9.17) is 23.2 Å². The molecule has 4 rings (SSSR count). The molecule has 3 aliphatic rings. The number of aromatic hydroxyl groups is 1. The maximum atomic E-state index is 12.5. The van der Waals surface area contributed by atoms with Crippen LogP contribution in [0, 0.1) is 17.3 Å². The van der Waals surface area contributed by atoms with Crippen LogP contribution in [-0.2, 0) is 17.8 Å². The Kier molecular flexibility index (Phi) is 5.98. The van der Waals surface area contributed by atoms with E-state index >= 15 is 0 Å². The molecule has 0 heterocycles. The Morgan fingerprint density at radius 2 is 1.89 bits per heavy atom. The van der Waals surface area contributed by atoms with Gasteiger partial charge in [-0.1, -0.05) is 13.0 Å². The van der Waals surface area contributed by atoms with Crippen molar-refractivity contribution in [3.63, 3.8) is 0 Å². The molecule has 2 saturated carbocycles. The lowest BCUT2D eigenvalue weighted by Crippen LogP contribution is -2.42. The largest absolute Gasteiger partial charge is 0.508 e. The van der Waals surface area contributed by atoms with Gasteiger partial charge in [0.15, 0.2) is 0 Å². The minimum Gasteiger partial charge on any atom is -0.508 e. The smallest absolute Gasteiger partial charge is 0.139 e. The van der Waals surface area contributed by atoms with Crippen molar-refractivity contribution in [1.82, 2.24) is 4.90 Å². The molecule has 0 radical (unpaired) electrons. The molecule has 0 aliphatic heterocycles. The molecule has 3 nitrogen and oxygen atoms in total. The number of phenolic OH excluding ortho intramolecular Hbond substituents is 1. The Bertz CT molecular complexity index is 746. The number of benzene rings is 1. The average Bonchev–Trinajstić information content (AvgIpc) is 2.98. The van der Waals surface area contributed by atoms with E-state index in [1.54, 1.807) is 0 Å². The number of carbonyl (C=O) groups is 1. The van der Waals surface area contributed by atoms with Crippen molar-refractivity contribution >= 4 is 29.0 Å². The first-order chi connectivity index (χ1) is 13.5. The van der Waals surface area contributed by atoms with Gasteiger partial charge in [0.05, 0.1) is 0 Å². The van der Waals surface area contributed by atoms with Crippen LogP contribution in [0.3, 0.4) is 0 Å². The predicted molar refractivity (Wildman–Crippen MR) is 114 cm³/mol. The lowest BCUT2D eigenvalue weighted by atomic mass is 9.55. The molecule has 0 bridgehead atoms. The molecule has 2 fully saturated rings. The zero-order chi connectivity index (χ0) is 19.9. The van der Waals surface area contributed by atoms with Crippen molar-refractivity contribution < 1.29 is 9.90 Å². The zero-order valence-corrected chi connectivity index (χ0v) is 18.2. The standard InChI is InChI=1S/C23H31Cl2NO2/c1-23-7-6-17-18(20(23)4-5-22(23)28)3-2-15-13-21(27)16(12-19(15)17)14-26(10-8-24)11-9-25/h12-13,17-18,20,27H,2-11,14H2,1H3/t17-,18-,20-,23-/m0/s1. The summed E-state index contributed by atoms with van der Waals surface area (Å²) < 4.78 is 0. The highest BCUT2D eigenvalue weighted by Gasteiger charge is 2.54. The molecule has 5 heteroatoms. The molecule has 154 valence electrons. The molecule has 4 atom stereocenters. The highest BCUT2D eigenvalue weighted by Crippen LogP contribution is 2.59. The van der Waals surface area contributed by atoms with E-state index in [1.807, 2.05) is 6.07 Å². The van der Waals surface area contributed by atoms with Gasteiger partial charge in [-0.2, -0.15) is 0 Å². The van der Waals surface area contributed by atoms with Crippen molar-refractivity contribution in [1.29, 1.82) is 0 Å². The number of aryl methyl sites for hydroxylation is 1. The topological polar surface area (TPSA) is 40.5 Å². The first-order valence-corrected chi connectivity index (χ1v) is 11.8. The summed E-state index contributed by atoms with van der Waals surface area (Å²) in [5.41, 5.74) is 3.61. The number of nitrogens with zero attached hydrogens (tertiary/aromatic N) is 1. The van der Waals surface area contributed by atoms with Crippen LogP contribution in [0.1, 0.15) is 61.6 Å². The van der Waals surface area contributed by atoms with Crippen molar-refractivity contribution in [3.05, 3.63) is 28.8 Å². The summed E-state index contributed by atoms with van der Waals surface area (Å²) in [5, 5.41) is 10.6. The number of halogens is 2. The van der Waals surface area contributed by atoms with Crippen LogP contribution < -0.4 is 0 Å². The van der Waals surface area contributed by atoms with E-state index in [0.29, 0.717) is 47.6 Å². The molecular formula is C23H31Cl2NO2. The quantitative estimate of drug-likeness (QED) is 0.647. The monoisotopic (exact) mass is 423 g/mol. The molecule has 0 amide bonds. The summed E-state index contributed by atoms with van der Waals surface area (Å²) in [5.74, 6) is 3.67. The molecule has 0 unspecified atom stereocenters. The fraction of sp³-hybridized carbons (Fsp3) is 0.696. The minimum absolute atomic E-state index is 0.0874. The predicted octanol–water partition coefficient (Wildman–Crippen LogP) is 5.10. The normalized spacial score (nSPS) is 31.6. The van der Waals surface area contributed by atoms with E-state index in [0.717, 1.165) is 57.2 Å². The molecule has 28 heavy (non-hydrogen) atoms. The summed E-state index contributed by atoms with van der Waals surface area (Å²) in [7, 11) is 0. The Hall–Kier alpha value is -0.770. The highest BCUT2D eigenvalue weighted by atomic mass is 35.5. The fourth-order valence-electron chi connectivity index (χ4n) is 6.30. The van der Waals surface area contributed by atoms with Gasteiger partial charge in [-0.25, -0.2) is 0 Å². The van der Waals surface area contributed by atoms with Gasteiger partial charge in [0.25, 0.3) is 0 Å². The number of alkyl halides is 2. The lowest BCUT2D eigenvalue weighted by molar-refractivity contribution is -0.129. The molecular weight excluding hydrogens is 393 g/mol. The van der Waals surface area contributed by atoms with Crippen molar-refractivity contribution in [2.75, 3.05) is 24.8 Å². The minimum atomic E-state index is -0.0874. The van der Waals surface area contributed by atoms with E-state index in [9.17, 15) is 9.90 Å². The number of Topliss-reactive ketones (excluding diaryl/α,β-unsaturated/α-hetero) is 1. The van der Waals surface area contributed by atoms with Crippen LogP contribution in [0.15, 0.2) is 12.1 Å².